The van der Waals surface area contributed by atoms with E-state index >= 15 is 0 Å². The highest BCUT2D eigenvalue weighted by atomic mass is 79.9. The number of carboxylic acids is 1. The second-order valence-electron chi connectivity index (χ2n) is 3.41. The third-order valence-corrected chi connectivity index (χ3v) is 2.61. The Morgan fingerprint density at radius 1 is 1.67 bits per heavy atom. The van der Waals surface area contributed by atoms with E-state index in [4.69, 9.17) is 9.84 Å². The molecule has 0 aromatic heterocycles. The van der Waals surface area contributed by atoms with E-state index in [9.17, 15) is 14.9 Å². The van der Waals surface area contributed by atoms with Gasteiger partial charge >= 0.3 is 5.97 Å². The summed E-state index contributed by atoms with van der Waals surface area (Å²) < 4.78 is 5.28. The maximum Gasteiger partial charge on any atom is 0.328 e. The molecule has 1 rings (SSSR count). The summed E-state index contributed by atoms with van der Waals surface area (Å²) in [6.07, 6.45) is 0. The average molecular weight is 319 g/mol. The molecule has 18 heavy (non-hydrogen) atoms. The number of nitrogens with one attached hydrogen (secondary N) is 1. The Morgan fingerprint density at radius 2 is 2.33 bits per heavy atom. The van der Waals surface area contributed by atoms with Crippen LogP contribution < -0.4 is 5.32 Å². The van der Waals surface area contributed by atoms with Crippen LogP contribution >= 0.6 is 15.9 Å². The average Bonchev–Trinajstić information content (AvgIpc) is 2.30. The lowest BCUT2D eigenvalue weighted by atomic mass is 10.2. The first-order chi connectivity index (χ1) is 8.45. The first-order valence-electron chi connectivity index (χ1n) is 4.88. The molecule has 98 valence electrons. The van der Waals surface area contributed by atoms with E-state index in [2.05, 4.69) is 21.2 Å². The summed E-state index contributed by atoms with van der Waals surface area (Å²) in [6.45, 7) is -0.0947. The van der Waals surface area contributed by atoms with E-state index in [0.717, 1.165) is 0 Å². The van der Waals surface area contributed by atoms with Gasteiger partial charge in [0, 0.05) is 17.6 Å². The summed E-state index contributed by atoms with van der Waals surface area (Å²) >= 11 is 3.12. The maximum atomic E-state index is 10.9. The SMILES string of the molecule is COCC(Nc1ccc(Br)cc1[N+](=O)[O-])C(=O)O. The standard InChI is InChI=1S/C10H11BrN2O5/c1-18-5-8(10(14)15)12-7-3-2-6(11)4-9(7)13(16)17/h2-4,8,12H,5H2,1H3,(H,14,15). The highest BCUT2D eigenvalue weighted by molar-refractivity contribution is 9.10. The smallest absolute Gasteiger partial charge is 0.328 e. The van der Waals surface area contributed by atoms with Crippen molar-refractivity contribution in [2.75, 3.05) is 19.0 Å². The van der Waals surface area contributed by atoms with Crippen LogP contribution in [0.2, 0.25) is 0 Å². The Labute approximate surface area is 111 Å². The predicted octanol–water partition coefficient (Wildman–Crippen LogP) is 1.87. The molecule has 0 radical (unpaired) electrons. The minimum atomic E-state index is -1.14. The molecular weight excluding hydrogens is 308 g/mol. The van der Waals surface area contributed by atoms with Crippen molar-refractivity contribution in [3.05, 3.63) is 32.8 Å². The predicted molar refractivity (Wildman–Crippen MR) is 67.7 cm³/mol. The molecule has 0 aliphatic carbocycles. The van der Waals surface area contributed by atoms with E-state index in [1.54, 1.807) is 6.07 Å². The third-order valence-electron chi connectivity index (χ3n) is 2.12. The van der Waals surface area contributed by atoms with Gasteiger partial charge in [-0.05, 0) is 12.1 Å². The van der Waals surface area contributed by atoms with Gasteiger partial charge in [-0.25, -0.2) is 4.79 Å². The minimum absolute atomic E-state index is 0.0947. The second kappa shape index (κ2) is 6.31. The van der Waals surface area contributed by atoms with Crippen LogP contribution in [0.25, 0.3) is 0 Å². The van der Waals surface area contributed by atoms with Gasteiger partial charge in [-0.1, -0.05) is 15.9 Å². The Kier molecular flexibility index (Phi) is 5.05. The lowest BCUT2D eigenvalue weighted by molar-refractivity contribution is -0.384. The highest BCUT2D eigenvalue weighted by Crippen LogP contribution is 2.28. The van der Waals surface area contributed by atoms with Crippen LogP contribution in [-0.2, 0) is 9.53 Å². The highest BCUT2D eigenvalue weighted by Gasteiger charge is 2.22. The van der Waals surface area contributed by atoms with Crippen molar-refractivity contribution in [3.63, 3.8) is 0 Å². The number of halogens is 1. The molecule has 0 fully saturated rings. The van der Waals surface area contributed by atoms with Gasteiger partial charge < -0.3 is 15.2 Å². The molecule has 0 amide bonds. The van der Waals surface area contributed by atoms with Crippen LogP contribution in [-0.4, -0.2) is 35.8 Å². The number of anilines is 1. The number of ether oxygens (including phenoxy) is 1. The van der Waals surface area contributed by atoms with Gasteiger partial charge in [0.05, 0.1) is 11.5 Å². The number of nitrogens with zero attached hydrogens (tertiary/aromatic N) is 1. The zero-order valence-corrected chi connectivity index (χ0v) is 11.0. The summed E-state index contributed by atoms with van der Waals surface area (Å²) in [4.78, 5) is 21.2. The maximum absolute atomic E-state index is 10.9. The van der Waals surface area contributed by atoms with Crippen molar-refractivity contribution in [2.24, 2.45) is 0 Å². The molecule has 0 saturated carbocycles. The molecule has 0 spiro atoms. The fraction of sp³-hybridized carbons (Fsp3) is 0.300. The fourth-order valence-electron chi connectivity index (χ4n) is 1.31. The number of nitro groups is 1. The number of carbonyl (C=O) groups is 1. The van der Waals surface area contributed by atoms with Crippen molar-refractivity contribution >= 4 is 33.3 Å². The molecule has 0 heterocycles. The Bertz CT molecular complexity index is 466. The van der Waals surface area contributed by atoms with Crippen molar-refractivity contribution < 1.29 is 19.6 Å². The number of rotatable bonds is 6. The molecule has 0 saturated heterocycles. The molecule has 1 unspecified atom stereocenters. The van der Waals surface area contributed by atoms with Crippen LogP contribution in [0.3, 0.4) is 0 Å². The zero-order chi connectivity index (χ0) is 13.7. The largest absolute Gasteiger partial charge is 0.480 e. The molecule has 0 aliphatic rings. The first kappa shape index (κ1) is 14.4. The van der Waals surface area contributed by atoms with Gasteiger partial charge in [-0.3, -0.25) is 10.1 Å². The molecule has 7 nitrogen and oxygen atoms in total. The van der Waals surface area contributed by atoms with Crippen molar-refractivity contribution in [3.8, 4) is 0 Å². The van der Waals surface area contributed by atoms with Gasteiger partial charge in [0.15, 0.2) is 0 Å². The van der Waals surface area contributed by atoms with Crippen molar-refractivity contribution in [1.82, 2.24) is 0 Å². The second-order valence-corrected chi connectivity index (χ2v) is 4.32. The number of nitro benzene ring substituents is 1. The number of aliphatic carboxylic acids is 1. The van der Waals surface area contributed by atoms with E-state index in [1.165, 1.54) is 19.2 Å². The van der Waals surface area contributed by atoms with E-state index in [1.807, 2.05) is 0 Å². The molecular formula is C10H11BrN2O5. The third kappa shape index (κ3) is 3.67. The molecule has 1 aromatic carbocycles. The summed E-state index contributed by atoms with van der Waals surface area (Å²) in [5, 5.41) is 22.3. The minimum Gasteiger partial charge on any atom is -0.480 e. The van der Waals surface area contributed by atoms with Crippen LogP contribution in [0.1, 0.15) is 0 Å². The Morgan fingerprint density at radius 3 is 2.83 bits per heavy atom. The number of benzene rings is 1. The lowest BCUT2D eigenvalue weighted by Crippen LogP contribution is -2.33. The number of hydrogen-bond acceptors (Lipinski definition) is 5. The van der Waals surface area contributed by atoms with Crippen LogP contribution in [0.4, 0.5) is 11.4 Å². The molecule has 0 bridgehead atoms. The van der Waals surface area contributed by atoms with E-state index < -0.39 is 16.9 Å². The molecule has 8 heteroatoms. The Balaban J connectivity index is 3.01. The summed E-state index contributed by atoms with van der Waals surface area (Å²) in [5.74, 6) is -1.14. The number of carboxylic acid groups (broad SMARTS) is 1. The monoisotopic (exact) mass is 318 g/mol. The Hall–Kier alpha value is -1.67. The summed E-state index contributed by atoms with van der Waals surface area (Å²) in [6, 6.07) is 3.28. The van der Waals surface area contributed by atoms with Gasteiger partial charge in [0.25, 0.3) is 5.69 Å². The quantitative estimate of drug-likeness (QED) is 0.613. The van der Waals surface area contributed by atoms with Gasteiger partial charge in [-0.2, -0.15) is 0 Å². The summed E-state index contributed by atoms with van der Waals surface area (Å²) in [7, 11) is 1.35. The van der Waals surface area contributed by atoms with Crippen LogP contribution in [0.5, 0.6) is 0 Å². The van der Waals surface area contributed by atoms with Crippen molar-refractivity contribution in [1.29, 1.82) is 0 Å². The first-order valence-corrected chi connectivity index (χ1v) is 5.67. The number of methoxy groups -OCH3 is 1. The fourth-order valence-corrected chi connectivity index (χ4v) is 1.66. The molecule has 1 aromatic rings. The van der Waals surface area contributed by atoms with Gasteiger partial charge in [0.1, 0.15) is 11.7 Å². The number of hydrogen-bond donors (Lipinski definition) is 2. The van der Waals surface area contributed by atoms with Crippen molar-refractivity contribution in [2.45, 2.75) is 6.04 Å². The van der Waals surface area contributed by atoms with Gasteiger partial charge in [-0.15, -0.1) is 0 Å². The zero-order valence-electron chi connectivity index (χ0n) is 9.42. The lowest BCUT2D eigenvalue weighted by Gasteiger charge is -2.14. The molecule has 0 aliphatic heterocycles. The van der Waals surface area contributed by atoms with E-state index in [0.29, 0.717) is 4.47 Å². The van der Waals surface area contributed by atoms with Crippen LogP contribution in [0.15, 0.2) is 22.7 Å². The topological polar surface area (TPSA) is 102 Å². The normalized spacial score (nSPS) is 11.9. The molecule has 1 atom stereocenters. The summed E-state index contributed by atoms with van der Waals surface area (Å²) in [5.41, 5.74) is -0.0700. The molecule has 2 N–H and O–H groups in total. The van der Waals surface area contributed by atoms with Gasteiger partial charge in [0.2, 0.25) is 0 Å². The van der Waals surface area contributed by atoms with E-state index in [-0.39, 0.29) is 18.0 Å². The van der Waals surface area contributed by atoms with Crippen LogP contribution in [0, 0.1) is 10.1 Å².